The summed E-state index contributed by atoms with van der Waals surface area (Å²) in [5.41, 5.74) is 1.60. The van der Waals surface area contributed by atoms with Gasteiger partial charge in [0.15, 0.2) is 5.16 Å². The van der Waals surface area contributed by atoms with Gasteiger partial charge < -0.3 is 0 Å². The molecule has 0 atom stereocenters. The molecule has 0 unspecified atom stereocenters. The summed E-state index contributed by atoms with van der Waals surface area (Å²) in [6, 6.07) is 11.5. The molecule has 1 aromatic carbocycles. The number of hydrogen-bond acceptors (Lipinski definition) is 7. The molecule has 3 aromatic rings. The van der Waals surface area contributed by atoms with Gasteiger partial charge in [-0.3, -0.25) is 19.1 Å². The number of carbonyl (C=O) groups excluding carboxylic acids is 2. The van der Waals surface area contributed by atoms with Crippen LogP contribution in [0.25, 0.3) is 17.1 Å². The van der Waals surface area contributed by atoms with Crippen LogP contribution in [0.15, 0.2) is 51.8 Å². The van der Waals surface area contributed by atoms with E-state index in [9.17, 15) is 9.59 Å². The number of thiophene rings is 1. The van der Waals surface area contributed by atoms with Gasteiger partial charge in [-0.05, 0) is 36.1 Å². The number of nitrogens with zero attached hydrogens (tertiary/aromatic N) is 3. The van der Waals surface area contributed by atoms with Gasteiger partial charge in [0.2, 0.25) is 5.91 Å². The number of fused-ring (bicyclic) bond motifs is 1. The Morgan fingerprint density at radius 3 is 2.87 bits per heavy atom. The molecule has 1 fully saturated rings. The van der Waals surface area contributed by atoms with Crippen molar-refractivity contribution in [1.29, 1.82) is 0 Å². The van der Waals surface area contributed by atoms with E-state index >= 15 is 0 Å². The molecule has 154 valence electrons. The van der Waals surface area contributed by atoms with Crippen LogP contribution in [0.5, 0.6) is 0 Å². The fourth-order valence-electron chi connectivity index (χ4n) is 3.05. The van der Waals surface area contributed by atoms with Gasteiger partial charge in [-0.2, -0.15) is 0 Å². The number of carbonyl (C=O) groups is 2. The Balaban J connectivity index is 1.51. The molecule has 3 heterocycles. The zero-order chi connectivity index (χ0) is 21.1. The van der Waals surface area contributed by atoms with E-state index in [-0.39, 0.29) is 24.8 Å². The number of thiocarbonyl (C=S) groups is 1. The van der Waals surface area contributed by atoms with Crippen LogP contribution >= 0.6 is 47.1 Å². The normalized spacial score (nSPS) is 15.6. The quantitative estimate of drug-likeness (QED) is 0.255. The maximum Gasteiger partial charge on any atom is 0.266 e. The fourth-order valence-corrected chi connectivity index (χ4v) is 5.96. The molecule has 1 aliphatic rings. The minimum Gasteiger partial charge on any atom is -0.292 e. The van der Waals surface area contributed by atoms with Crippen LogP contribution in [0.1, 0.15) is 29.4 Å². The van der Waals surface area contributed by atoms with Crippen LogP contribution < -0.4 is 0 Å². The van der Waals surface area contributed by atoms with Crippen molar-refractivity contribution in [3.05, 3.63) is 51.6 Å². The summed E-state index contributed by atoms with van der Waals surface area (Å²) in [6.07, 6.45) is 3.03. The highest BCUT2D eigenvalue weighted by atomic mass is 32.2. The fraction of sp³-hybridized carbons (Fsp3) is 0.238. The highest BCUT2D eigenvalue weighted by molar-refractivity contribution is 8.26. The zero-order valence-corrected chi connectivity index (χ0v) is 19.5. The predicted molar refractivity (Wildman–Crippen MR) is 130 cm³/mol. The Morgan fingerprint density at radius 1 is 1.27 bits per heavy atom. The molecule has 1 amide bonds. The van der Waals surface area contributed by atoms with Crippen molar-refractivity contribution in [3.63, 3.8) is 0 Å². The highest BCUT2D eigenvalue weighted by Crippen LogP contribution is 2.33. The van der Waals surface area contributed by atoms with E-state index in [0.717, 1.165) is 28.1 Å². The first-order chi connectivity index (χ1) is 14.6. The van der Waals surface area contributed by atoms with Crippen molar-refractivity contribution in [1.82, 2.24) is 14.5 Å². The van der Waals surface area contributed by atoms with E-state index < -0.39 is 0 Å². The van der Waals surface area contributed by atoms with Crippen molar-refractivity contribution >= 4 is 80.3 Å². The van der Waals surface area contributed by atoms with E-state index in [1.807, 2.05) is 47.9 Å². The first-order valence-electron chi connectivity index (χ1n) is 9.51. The zero-order valence-electron chi connectivity index (χ0n) is 16.2. The van der Waals surface area contributed by atoms with Gasteiger partial charge in [0.25, 0.3) is 5.91 Å². The lowest BCUT2D eigenvalue weighted by atomic mass is 10.3. The standard InChI is InChI=1S/C21H19N3O2S4/c1-2-11-29-20-22-15-7-3-4-8-16(15)24(20)18(25)9-10-23-19(26)17(30-21(23)27)13-14-6-5-12-28-14/h3-8,12-13H,2,9-11H2,1H3. The molecular weight excluding hydrogens is 455 g/mol. The predicted octanol–water partition coefficient (Wildman–Crippen LogP) is 5.53. The molecule has 5 nitrogen and oxygen atoms in total. The number of amides is 1. The number of rotatable bonds is 7. The number of hydrogen-bond donors (Lipinski definition) is 0. The molecule has 1 aliphatic heterocycles. The second kappa shape index (κ2) is 9.47. The van der Waals surface area contributed by atoms with Crippen molar-refractivity contribution in [2.24, 2.45) is 0 Å². The average molecular weight is 474 g/mol. The number of aromatic nitrogens is 2. The van der Waals surface area contributed by atoms with Crippen molar-refractivity contribution in [2.45, 2.75) is 24.9 Å². The van der Waals surface area contributed by atoms with E-state index in [0.29, 0.717) is 14.4 Å². The maximum atomic E-state index is 13.1. The molecule has 4 rings (SSSR count). The first-order valence-corrected chi connectivity index (χ1v) is 12.6. The topological polar surface area (TPSA) is 55.2 Å². The Bertz CT molecular complexity index is 1130. The van der Waals surface area contributed by atoms with Gasteiger partial charge in [0, 0.05) is 23.6 Å². The van der Waals surface area contributed by atoms with Gasteiger partial charge in [0.1, 0.15) is 4.32 Å². The molecule has 9 heteroatoms. The van der Waals surface area contributed by atoms with Crippen molar-refractivity contribution in [2.75, 3.05) is 12.3 Å². The number of para-hydroxylation sites is 2. The van der Waals surface area contributed by atoms with Crippen LogP contribution in [0.2, 0.25) is 0 Å². The summed E-state index contributed by atoms with van der Waals surface area (Å²) < 4.78 is 2.17. The minimum atomic E-state index is -0.137. The Morgan fingerprint density at radius 2 is 2.10 bits per heavy atom. The van der Waals surface area contributed by atoms with Crippen LogP contribution in [0.3, 0.4) is 0 Å². The molecule has 0 spiro atoms. The lowest BCUT2D eigenvalue weighted by molar-refractivity contribution is -0.122. The van der Waals surface area contributed by atoms with Gasteiger partial charge in [-0.25, -0.2) is 4.98 Å². The second-order valence-corrected chi connectivity index (χ2v) is 10.3. The average Bonchev–Trinajstić information content (AvgIpc) is 3.44. The van der Waals surface area contributed by atoms with Crippen LogP contribution in [0, 0.1) is 0 Å². The third-order valence-electron chi connectivity index (χ3n) is 4.45. The SMILES string of the molecule is CCCSc1nc2ccccc2n1C(=O)CCN1C(=O)C(=Cc2cccs2)SC1=S. The Hall–Kier alpha value is -1.94. The summed E-state index contributed by atoms with van der Waals surface area (Å²) in [6.45, 7) is 2.36. The summed E-state index contributed by atoms with van der Waals surface area (Å²) in [5, 5.41) is 2.67. The minimum absolute atomic E-state index is 0.0846. The smallest absolute Gasteiger partial charge is 0.266 e. The van der Waals surface area contributed by atoms with Crippen LogP contribution in [-0.2, 0) is 4.79 Å². The van der Waals surface area contributed by atoms with E-state index in [1.165, 1.54) is 16.7 Å². The molecule has 0 radical (unpaired) electrons. The third kappa shape index (κ3) is 4.39. The van der Waals surface area contributed by atoms with Gasteiger partial charge in [-0.1, -0.05) is 60.9 Å². The van der Waals surface area contributed by atoms with Gasteiger partial charge in [-0.15, -0.1) is 11.3 Å². The lowest BCUT2D eigenvalue weighted by Gasteiger charge is -2.14. The third-order valence-corrected chi connectivity index (χ3v) is 7.80. The summed E-state index contributed by atoms with van der Waals surface area (Å²) in [7, 11) is 0. The molecule has 2 aromatic heterocycles. The largest absolute Gasteiger partial charge is 0.292 e. The van der Waals surface area contributed by atoms with Crippen LogP contribution in [0.4, 0.5) is 0 Å². The molecule has 0 aliphatic carbocycles. The first kappa shape index (κ1) is 21.3. The molecule has 0 bridgehead atoms. The number of thioether (sulfide) groups is 2. The van der Waals surface area contributed by atoms with Crippen molar-refractivity contribution in [3.8, 4) is 0 Å². The maximum absolute atomic E-state index is 13.1. The van der Waals surface area contributed by atoms with Crippen LogP contribution in [-0.4, -0.2) is 42.9 Å². The Labute approximate surface area is 192 Å². The molecule has 30 heavy (non-hydrogen) atoms. The molecule has 1 saturated heterocycles. The summed E-state index contributed by atoms with van der Waals surface area (Å²) in [5.74, 6) is 0.666. The summed E-state index contributed by atoms with van der Waals surface area (Å²) in [4.78, 5) is 33.7. The van der Waals surface area contributed by atoms with Crippen molar-refractivity contribution < 1.29 is 9.59 Å². The number of imidazole rings is 1. The molecule has 0 N–H and O–H groups in total. The monoisotopic (exact) mass is 473 g/mol. The van der Waals surface area contributed by atoms with E-state index in [4.69, 9.17) is 12.2 Å². The summed E-state index contributed by atoms with van der Waals surface area (Å²) >= 11 is 9.83. The van der Waals surface area contributed by atoms with E-state index in [2.05, 4.69) is 11.9 Å². The molecular formula is C21H19N3O2S4. The van der Waals surface area contributed by atoms with E-state index in [1.54, 1.807) is 27.7 Å². The highest BCUT2D eigenvalue weighted by Gasteiger charge is 2.32. The van der Waals surface area contributed by atoms with Gasteiger partial charge in [0.05, 0.1) is 15.9 Å². The molecule has 0 saturated carbocycles. The lowest BCUT2D eigenvalue weighted by Crippen LogP contribution is -2.31. The number of benzene rings is 1. The second-order valence-electron chi connectivity index (χ2n) is 6.56. The Kier molecular flexibility index (Phi) is 6.72. The van der Waals surface area contributed by atoms with Gasteiger partial charge >= 0.3 is 0 Å².